The highest BCUT2D eigenvalue weighted by atomic mass is 16.6. The highest BCUT2D eigenvalue weighted by Crippen LogP contribution is 2.33. The molecule has 0 saturated carbocycles. The van der Waals surface area contributed by atoms with Crippen LogP contribution in [-0.2, 0) is 11.3 Å². The second kappa shape index (κ2) is 5.31. The Morgan fingerprint density at radius 2 is 2.00 bits per heavy atom. The van der Waals surface area contributed by atoms with Gasteiger partial charge >= 0.3 is 6.09 Å². The summed E-state index contributed by atoms with van der Waals surface area (Å²) in [5, 5.41) is 0. The molecule has 0 spiro atoms. The van der Waals surface area contributed by atoms with E-state index in [1.165, 1.54) is 16.7 Å². The van der Waals surface area contributed by atoms with Crippen LogP contribution in [0, 0.1) is 0 Å². The van der Waals surface area contributed by atoms with Crippen molar-refractivity contribution in [2.75, 3.05) is 0 Å². The molecule has 1 amide bonds. The molecule has 3 heteroatoms. The molecule has 20 heavy (non-hydrogen) atoms. The molecular weight excluding hydrogens is 250 g/mol. The molecule has 0 aromatic heterocycles. The maximum atomic E-state index is 12.4. The smallest absolute Gasteiger partial charge is 0.411 e. The van der Waals surface area contributed by atoms with Gasteiger partial charge in [0.05, 0.1) is 12.6 Å². The first-order valence-electron chi connectivity index (χ1n) is 7.07. The van der Waals surface area contributed by atoms with E-state index in [9.17, 15) is 4.79 Å². The Morgan fingerprint density at radius 1 is 1.35 bits per heavy atom. The van der Waals surface area contributed by atoms with Gasteiger partial charge in [0, 0.05) is 0 Å². The fourth-order valence-corrected chi connectivity index (χ4v) is 2.59. The number of hydrogen-bond donors (Lipinski definition) is 0. The molecule has 0 bridgehead atoms. The number of amides is 1. The van der Waals surface area contributed by atoms with Crippen molar-refractivity contribution in [1.82, 2.24) is 4.90 Å². The fourth-order valence-electron chi connectivity index (χ4n) is 2.59. The molecule has 0 aliphatic carbocycles. The SMILES string of the molecule is C/C=C1/c2ccccc2CN(C(=O)OC(C)(C)C)[C@H]1C. The number of benzene rings is 1. The third-order valence-electron chi connectivity index (χ3n) is 3.53. The van der Waals surface area contributed by atoms with Gasteiger partial charge < -0.3 is 4.74 Å². The Balaban J connectivity index is 2.33. The van der Waals surface area contributed by atoms with Crippen LogP contribution < -0.4 is 0 Å². The number of carbonyl (C=O) groups is 1. The summed E-state index contributed by atoms with van der Waals surface area (Å²) in [6.07, 6.45) is 1.83. The average molecular weight is 273 g/mol. The third kappa shape index (κ3) is 2.87. The van der Waals surface area contributed by atoms with Crippen LogP contribution in [-0.4, -0.2) is 22.6 Å². The number of fused-ring (bicyclic) bond motifs is 1. The van der Waals surface area contributed by atoms with Gasteiger partial charge in [-0.2, -0.15) is 0 Å². The summed E-state index contributed by atoms with van der Waals surface area (Å²) < 4.78 is 5.52. The summed E-state index contributed by atoms with van der Waals surface area (Å²) in [6.45, 7) is 10.3. The number of allylic oxidation sites excluding steroid dienone is 1. The molecule has 1 aliphatic heterocycles. The molecule has 1 aromatic rings. The Hall–Kier alpha value is -1.77. The predicted octanol–water partition coefficient (Wildman–Crippen LogP) is 4.23. The van der Waals surface area contributed by atoms with E-state index in [4.69, 9.17) is 4.74 Å². The van der Waals surface area contributed by atoms with Crippen molar-refractivity contribution in [3.63, 3.8) is 0 Å². The minimum atomic E-state index is -0.468. The van der Waals surface area contributed by atoms with Crippen molar-refractivity contribution in [2.45, 2.75) is 52.8 Å². The lowest BCUT2D eigenvalue weighted by atomic mass is 9.89. The lowest BCUT2D eigenvalue weighted by Crippen LogP contribution is -2.44. The average Bonchev–Trinajstić information content (AvgIpc) is 2.36. The van der Waals surface area contributed by atoms with Crippen molar-refractivity contribution >= 4 is 11.7 Å². The topological polar surface area (TPSA) is 29.5 Å². The molecule has 108 valence electrons. The van der Waals surface area contributed by atoms with E-state index in [-0.39, 0.29) is 12.1 Å². The zero-order chi connectivity index (χ0) is 14.9. The zero-order valence-electron chi connectivity index (χ0n) is 12.9. The van der Waals surface area contributed by atoms with Gasteiger partial charge in [0.1, 0.15) is 5.60 Å². The maximum Gasteiger partial charge on any atom is 0.411 e. The summed E-state index contributed by atoms with van der Waals surface area (Å²) in [5.74, 6) is 0. The van der Waals surface area contributed by atoms with Crippen LogP contribution >= 0.6 is 0 Å². The van der Waals surface area contributed by atoms with Crippen LogP contribution in [0.2, 0.25) is 0 Å². The molecule has 1 aromatic carbocycles. The van der Waals surface area contributed by atoms with Crippen molar-refractivity contribution in [1.29, 1.82) is 0 Å². The van der Waals surface area contributed by atoms with Crippen LogP contribution in [0.25, 0.3) is 5.57 Å². The van der Waals surface area contributed by atoms with Gasteiger partial charge in [-0.05, 0) is 51.3 Å². The summed E-state index contributed by atoms with van der Waals surface area (Å²) in [6, 6.07) is 8.27. The molecule has 2 rings (SSSR count). The minimum Gasteiger partial charge on any atom is -0.444 e. The van der Waals surface area contributed by atoms with E-state index >= 15 is 0 Å². The molecule has 1 atom stereocenters. The standard InChI is InChI=1S/C17H23NO2/c1-6-14-12(2)18(16(19)20-17(3,4)5)11-13-9-7-8-10-15(13)14/h6-10,12H,11H2,1-5H3/b14-6+/t12-/m0/s1. The monoisotopic (exact) mass is 273 g/mol. The van der Waals surface area contributed by atoms with E-state index in [0.717, 1.165) is 0 Å². The van der Waals surface area contributed by atoms with Crippen molar-refractivity contribution in [2.24, 2.45) is 0 Å². The molecule has 0 saturated heterocycles. The lowest BCUT2D eigenvalue weighted by molar-refractivity contribution is 0.0192. The maximum absolute atomic E-state index is 12.4. The Bertz CT molecular complexity index is 540. The molecule has 0 radical (unpaired) electrons. The summed E-state index contributed by atoms with van der Waals surface area (Å²) in [7, 11) is 0. The number of rotatable bonds is 0. The van der Waals surface area contributed by atoms with E-state index in [0.29, 0.717) is 6.54 Å². The zero-order valence-corrected chi connectivity index (χ0v) is 12.9. The second-order valence-electron chi connectivity index (χ2n) is 6.19. The number of carbonyl (C=O) groups excluding carboxylic acids is 1. The second-order valence-corrected chi connectivity index (χ2v) is 6.19. The number of nitrogens with zero attached hydrogens (tertiary/aromatic N) is 1. The summed E-state index contributed by atoms with van der Waals surface area (Å²) in [4.78, 5) is 14.2. The molecule has 1 aliphatic rings. The van der Waals surface area contributed by atoms with Gasteiger partial charge in [-0.25, -0.2) is 4.79 Å². The van der Waals surface area contributed by atoms with Gasteiger partial charge in [0.25, 0.3) is 0 Å². The quantitative estimate of drug-likeness (QED) is 0.708. The Morgan fingerprint density at radius 3 is 2.60 bits per heavy atom. The van der Waals surface area contributed by atoms with Crippen LogP contribution in [0.3, 0.4) is 0 Å². The fraction of sp³-hybridized carbons (Fsp3) is 0.471. The van der Waals surface area contributed by atoms with E-state index in [1.54, 1.807) is 4.90 Å². The highest BCUT2D eigenvalue weighted by molar-refractivity contribution is 5.79. The molecule has 0 N–H and O–H groups in total. The van der Waals surface area contributed by atoms with E-state index in [2.05, 4.69) is 25.1 Å². The molecule has 3 nitrogen and oxygen atoms in total. The van der Waals surface area contributed by atoms with Gasteiger partial charge in [0.15, 0.2) is 0 Å². The van der Waals surface area contributed by atoms with Gasteiger partial charge in [-0.1, -0.05) is 30.3 Å². The summed E-state index contributed by atoms with van der Waals surface area (Å²) >= 11 is 0. The first kappa shape index (κ1) is 14.6. The Labute approximate surface area is 121 Å². The highest BCUT2D eigenvalue weighted by Gasteiger charge is 2.32. The first-order valence-corrected chi connectivity index (χ1v) is 7.07. The lowest BCUT2D eigenvalue weighted by Gasteiger charge is -2.37. The van der Waals surface area contributed by atoms with Gasteiger partial charge in [0.2, 0.25) is 0 Å². The predicted molar refractivity (Wildman–Crippen MR) is 81.3 cm³/mol. The Kier molecular flexibility index (Phi) is 3.89. The van der Waals surface area contributed by atoms with Crippen LogP contribution in [0.15, 0.2) is 30.3 Å². The largest absolute Gasteiger partial charge is 0.444 e. The van der Waals surface area contributed by atoms with Crippen molar-refractivity contribution in [3.8, 4) is 0 Å². The molecular formula is C17H23NO2. The molecule has 1 heterocycles. The van der Waals surface area contributed by atoms with Crippen molar-refractivity contribution in [3.05, 3.63) is 41.5 Å². The third-order valence-corrected chi connectivity index (χ3v) is 3.53. The van der Waals surface area contributed by atoms with Crippen LogP contribution in [0.5, 0.6) is 0 Å². The normalized spacial score (nSPS) is 20.8. The van der Waals surface area contributed by atoms with Gasteiger partial charge in [-0.15, -0.1) is 0 Å². The molecule has 0 fully saturated rings. The van der Waals surface area contributed by atoms with Crippen molar-refractivity contribution < 1.29 is 9.53 Å². The number of ether oxygens (including phenoxy) is 1. The van der Waals surface area contributed by atoms with Crippen LogP contribution in [0.4, 0.5) is 4.79 Å². The van der Waals surface area contributed by atoms with E-state index < -0.39 is 5.60 Å². The number of hydrogen-bond acceptors (Lipinski definition) is 2. The molecule has 0 unspecified atom stereocenters. The van der Waals surface area contributed by atoms with Crippen LogP contribution in [0.1, 0.15) is 45.7 Å². The van der Waals surface area contributed by atoms with Gasteiger partial charge in [-0.3, -0.25) is 4.90 Å². The summed E-state index contributed by atoms with van der Waals surface area (Å²) in [5.41, 5.74) is 3.12. The minimum absolute atomic E-state index is 0.0322. The van der Waals surface area contributed by atoms with E-state index in [1.807, 2.05) is 39.8 Å². The first-order chi connectivity index (χ1) is 9.33.